The zero-order valence-electron chi connectivity index (χ0n) is 28.9. The number of aromatic nitrogens is 4. The molecule has 0 amide bonds. The zero-order valence-corrected chi connectivity index (χ0v) is 28.9. The summed E-state index contributed by atoms with van der Waals surface area (Å²) in [6.45, 7) is 2.34. The first-order valence-electron chi connectivity index (χ1n) is 18.1. The Bertz CT molecular complexity index is 2820. The largest absolute Gasteiger partial charge is 0.332 e. The number of hydrogen-bond donors (Lipinski definition) is 0. The van der Waals surface area contributed by atoms with Crippen LogP contribution in [-0.4, -0.2) is 19.1 Å². The first-order valence-corrected chi connectivity index (χ1v) is 18.1. The monoisotopic (exact) mass is 668 g/mol. The molecule has 5 aromatic carbocycles. The molecule has 4 aromatic heterocycles. The minimum absolute atomic E-state index is 0.198. The molecule has 2 atom stereocenters. The van der Waals surface area contributed by atoms with Crippen molar-refractivity contribution < 1.29 is 0 Å². The molecule has 0 aliphatic heterocycles. The first kappa shape index (κ1) is 30.3. The molecule has 0 N–H and O–H groups in total. The van der Waals surface area contributed by atoms with Crippen molar-refractivity contribution in [3.05, 3.63) is 187 Å². The van der Waals surface area contributed by atoms with Crippen LogP contribution in [-0.2, 0) is 6.42 Å². The SMILES string of the molecule is CC1C=C(Cc2ccc(-n3c4ccc(-c5ccccc5)cc4c4ncccc43)cc2)C=CC1n1c2ccc(-c3ccccc3)cc2c2ncccc21. The summed E-state index contributed by atoms with van der Waals surface area (Å²) in [4.78, 5) is 9.69. The van der Waals surface area contributed by atoms with E-state index < -0.39 is 0 Å². The summed E-state index contributed by atoms with van der Waals surface area (Å²) in [6.07, 6.45) is 11.9. The van der Waals surface area contributed by atoms with Crippen molar-refractivity contribution in [3.8, 4) is 27.9 Å². The van der Waals surface area contributed by atoms with Crippen molar-refractivity contribution >= 4 is 43.9 Å². The number of fused-ring (bicyclic) bond motifs is 6. The lowest BCUT2D eigenvalue weighted by molar-refractivity contribution is 0.506. The second kappa shape index (κ2) is 12.4. The van der Waals surface area contributed by atoms with E-state index in [0.717, 1.165) is 39.6 Å². The molecule has 0 spiro atoms. The van der Waals surface area contributed by atoms with Crippen LogP contribution in [0.15, 0.2) is 182 Å². The number of rotatable bonds is 6. The summed E-state index contributed by atoms with van der Waals surface area (Å²) in [5, 5.41) is 2.36. The van der Waals surface area contributed by atoms with Gasteiger partial charge in [-0.15, -0.1) is 0 Å². The van der Waals surface area contributed by atoms with Gasteiger partial charge in [0.05, 0.1) is 39.1 Å². The van der Waals surface area contributed by atoms with Gasteiger partial charge in [0, 0.05) is 28.9 Å². The molecule has 1 aliphatic rings. The van der Waals surface area contributed by atoms with Crippen LogP contribution in [0.1, 0.15) is 18.5 Å². The van der Waals surface area contributed by atoms with Gasteiger partial charge in [-0.05, 0) is 106 Å². The standard InChI is InChI=1S/C48H36N4/c1-32-28-34(18-23-42(32)52-44-25-20-38(36-12-6-3-7-13-36)31-41(44)48-46(52)15-9-27-50-48)29-33-16-21-39(22-17-33)51-43-24-19-37(35-10-4-2-5-11-35)30-40(43)47-45(51)14-8-26-49-47/h2-28,30-32,42H,29H2,1H3. The summed E-state index contributed by atoms with van der Waals surface area (Å²) in [7, 11) is 0. The van der Waals surface area contributed by atoms with Crippen LogP contribution in [0, 0.1) is 5.92 Å². The van der Waals surface area contributed by atoms with E-state index in [-0.39, 0.29) is 6.04 Å². The fourth-order valence-electron chi connectivity index (χ4n) is 8.25. The lowest BCUT2D eigenvalue weighted by Crippen LogP contribution is -2.17. The van der Waals surface area contributed by atoms with E-state index in [4.69, 9.17) is 9.97 Å². The highest BCUT2D eigenvalue weighted by atomic mass is 15.0. The van der Waals surface area contributed by atoms with Gasteiger partial charge in [-0.2, -0.15) is 0 Å². The van der Waals surface area contributed by atoms with Crippen molar-refractivity contribution in [2.75, 3.05) is 0 Å². The minimum atomic E-state index is 0.198. The molecular weight excluding hydrogens is 633 g/mol. The maximum atomic E-state index is 4.87. The molecule has 1 aliphatic carbocycles. The fourth-order valence-corrected chi connectivity index (χ4v) is 8.25. The number of hydrogen-bond acceptors (Lipinski definition) is 2. The molecule has 4 nitrogen and oxygen atoms in total. The van der Waals surface area contributed by atoms with Crippen LogP contribution in [0.4, 0.5) is 0 Å². The average Bonchev–Trinajstić information content (AvgIpc) is 3.71. The summed E-state index contributed by atoms with van der Waals surface area (Å²) < 4.78 is 4.82. The smallest absolute Gasteiger partial charge is 0.0963 e. The number of allylic oxidation sites excluding steroid dienone is 4. The van der Waals surface area contributed by atoms with Crippen LogP contribution in [0.2, 0.25) is 0 Å². The van der Waals surface area contributed by atoms with Crippen LogP contribution >= 0.6 is 0 Å². The van der Waals surface area contributed by atoms with E-state index in [1.807, 2.05) is 18.5 Å². The normalized spacial score (nSPS) is 15.9. The van der Waals surface area contributed by atoms with Gasteiger partial charge in [-0.3, -0.25) is 9.97 Å². The van der Waals surface area contributed by atoms with Crippen molar-refractivity contribution in [3.63, 3.8) is 0 Å². The highest BCUT2D eigenvalue weighted by Crippen LogP contribution is 2.39. The predicted octanol–water partition coefficient (Wildman–Crippen LogP) is 11.9. The Kier molecular flexibility index (Phi) is 7.21. The van der Waals surface area contributed by atoms with E-state index in [1.165, 1.54) is 49.8 Å². The van der Waals surface area contributed by atoms with Crippen molar-refractivity contribution in [2.45, 2.75) is 19.4 Å². The predicted molar refractivity (Wildman–Crippen MR) is 216 cm³/mol. The minimum Gasteiger partial charge on any atom is -0.332 e. The van der Waals surface area contributed by atoms with E-state index >= 15 is 0 Å². The fraction of sp³-hybridized carbons (Fsp3) is 0.0833. The Labute approximate surface area is 302 Å². The quantitative estimate of drug-likeness (QED) is 0.177. The molecule has 4 heteroatoms. The maximum absolute atomic E-state index is 4.87. The Morgan fingerprint density at radius 2 is 1.13 bits per heavy atom. The molecule has 52 heavy (non-hydrogen) atoms. The van der Waals surface area contributed by atoms with Crippen LogP contribution in [0.3, 0.4) is 0 Å². The van der Waals surface area contributed by atoms with Gasteiger partial charge in [-0.25, -0.2) is 0 Å². The Hall–Kier alpha value is -6.52. The van der Waals surface area contributed by atoms with Gasteiger partial charge < -0.3 is 9.13 Å². The maximum Gasteiger partial charge on any atom is 0.0963 e. The van der Waals surface area contributed by atoms with E-state index in [2.05, 4.69) is 174 Å². The molecule has 2 unspecified atom stereocenters. The molecule has 4 heterocycles. The van der Waals surface area contributed by atoms with E-state index in [9.17, 15) is 0 Å². The summed E-state index contributed by atoms with van der Waals surface area (Å²) in [6, 6.07) is 52.4. The third kappa shape index (κ3) is 5.06. The summed E-state index contributed by atoms with van der Waals surface area (Å²) in [5.74, 6) is 0.318. The lowest BCUT2D eigenvalue weighted by Gasteiger charge is -2.26. The van der Waals surface area contributed by atoms with Gasteiger partial charge in [0.25, 0.3) is 0 Å². The number of benzene rings is 5. The molecule has 248 valence electrons. The molecular formula is C48H36N4. The van der Waals surface area contributed by atoms with Gasteiger partial charge in [-0.1, -0.05) is 110 Å². The van der Waals surface area contributed by atoms with Crippen LogP contribution in [0.25, 0.3) is 71.8 Å². The number of pyridine rings is 2. The second-order valence-corrected chi connectivity index (χ2v) is 13.9. The first-order chi connectivity index (χ1) is 25.7. The van der Waals surface area contributed by atoms with Crippen LogP contribution in [0.5, 0.6) is 0 Å². The van der Waals surface area contributed by atoms with Gasteiger partial charge in [0.1, 0.15) is 0 Å². The van der Waals surface area contributed by atoms with Crippen molar-refractivity contribution in [2.24, 2.45) is 5.92 Å². The third-order valence-corrected chi connectivity index (χ3v) is 10.7. The third-order valence-electron chi connectivity index (χ3n) is 10.7. The van der Waals surface area contributed by atoms with Gasteiger partial charge >= 0.3 is 0 Å². The average molecular weight is 669 g/mol. The van der Waals surface area contributed by atoms with E-state index in [0.29, 0.717) is 5.92 Å². The van der Waals surface area contributed by atoms with Crippen LogP contribution < -0.4 is 0 Å². The molecule has 0 bridgehead atoms. The second-order valence-electron chi connectivity index (χ2n) is 13.9. The van der Waals surface area contributed by atoms with Gasteiger partial charge in [0.15, 0.2) is 0 Å². The van der Waals surface area contributed by atoms with Crippen molar-refractivity contribution in [1.29, 1.82) is 0 Å². The molecule has 0 saturated heterocycles. The Morgan fingerprint density at radius 3 is 1.79 bits per heavy atom. The van der Waals surface area contributed by atoms with Crippen molar-refractivity contribution in [1.82, 2.24) is 19.1 Å². The highest BCUT2D eigenvalue weighted by molar-refractivity contribution is 6.09. The number of nitrogens with zero attached hydrogens (tertiary/aromatic N) is 4. The van der Waals surface area contributed by atoms with E-state index in [1.54, 1.807) is 0 Å². The molecule has 9 aromatic rings. The van der Waals surface area contributed by atoms with Gasteiger partial charge in [0.2, 0.25) is 0 Å². The topological polar surface area (TPSA) is 35.6 Å². The zero-order chi connectivity index (χ0) is 34.6. The Morgan fingerprint density at radius 1 is 0.538 bits per heavy atom. The Balaban J connectivity index is 0.941. The molecule has 10 rings (SSSR count). The summed E-state index contributed by atoms with van der Waals surface area (Å²) in [5.41, 5.74) is 15.4. The molecule has 0 saturated carbocycles. The highest BCUT2D eigenvalue weighted by Gasteiger charge is 2.24. The lowest BCUT2D eigenvalue weighted by atomic mass is 9.90. The molecule has 0 fully saturated rings. The molecule has 0 radical (unpaired) electrons. The summed E-state index contributed by atoms with van der Waals surface area (Å²) >= 11 is 0.